The van der Waals surface area contributed by atoms with Crippen LogP contribution in [0.2, 0.25) is 0 Å². The Bertz CT molecular complexity index is 402. The maximum Gasteiger partial charge on any atom is 0.295 e. The predicted octanol–water partition coefficient (Wildman–Crippen LogP) is 0.625. The van der Waals surface area contributed by atoms with Crippen LogP contribution >= 0.6 is 0 Å². The highest BCUT2D eigenvalue weighted by molar-refractivity contribution is 5.51. The van der Waals surface area contributed by atoms with E-state index in [9.17, 15) is 4.79 Å². The third kappa shape index (κ3) is 1.82. The average Bonchev–Trinajstić information content (AvgIpc) is 2.64. The van der Waals surface area contributed by atoms with Crippen LogP contribution in [0.5, 0.6) is 5.75 Å². The van der Waals surface area contributed by atoms with Crippen molar-refractivity contribution in [2.24, 2.45) is 5.92 Å². The lowest BCUT2D eigenvalue weighted by Gasteiger charge is -2.18. The lowest BCUT2D eigenvalue weighted by Crippen LogP contribution is -2.24. The highest BCUT2D eigenvalue weighted by Gasteiger charge is 2.23. The van der Waals surface area contributed by atoms with Gasteiger partial charge in [0.25, 0.3) is 5.56 Å². The minimum Gasteiger partial charge on any atom is -0.489 e. The molecule has 5 nitrogen and oxygen atoms in total. The smallest absolute Gasteiger partial charge is 0.295 e. The van der Waals surface area contributed by atoms with Gasteiger partial charge in [-0.05, 0) is 12.3 Å². The summed E-state index contributed by atoms with van der Waals surface area (Å²) in [5, 5.41) is 0. The van der Waals surface area contributed by atoms with Gasteiger partial charge >= 0.3 is 0 Å². The lowest BCUT2D eigenvalue weighted by molar-refractivity contribution is 0.406. The molecule has 1 aliphatic heterocycles. The SMILES string of the molecule is COc1c(N2CCC(C)C2)nc[nH]c1=O. The number of anilines is 1. The summed E-state index contributed by atoms with van der Waals surface area (Å²) in [7, 11) is 1.50. The second-order valence-corrected chi connectivity index (χ2v) is 3.93. The summed E-state index contributed by atoms with van der Waals surface area (Å²) in [6, 6.07) is 0. The average molecular weight is 209 g/mol. The Labute approximate surface area is 88.1 Å². The number of rotatable bonds is 2. The molecule has 1 aliphatic rings. The van der Waals surface area contributed by atoms with Crippen molar-refractivity contribution in [3.63, 3.8) is 0 Å². The molecule has 2 heterocycles. The Kier molecular flexibility index (Phi) is 2.62. The number of hydrogen-bond acceptors (Lipinski definition) is 4. The monoisotopic (exact) mass is 209 g/mol. The second-order valence-electron chi connectivity index (χ2n) is 3.93. The fraction of sp³-hybridized carbons (Fsp3) is 0.600. The van der Waals surface area contributed by atoms with Gasteiger partial charge in [-0.2, -0.15) is 0 Å². The van der Waals surface area contributed by atoms with Crippen molar-refractivity contribution >= 4 is 5.82 Å². The molecule has 0 aromatic carbocycles. The van der Waals surface area contributed by atoms with E-state index in [4.69, 9.17) is 4.74 Å². The summed E-state index contributed by atoms with van der Waals surface area (Å²) in [6.07, 6.45) is 2.56. The van der Waals surface area contributed by atoms with Crippen LogP contribution in [0, 0.1) is 5.92 Å². The van der Waals surface area contributed by atoms with E-state index in [2.05, 4.69) is 21.8 Å². The number of aromatic amines is 1. The zero-order valence-corrected chi connectivity index (χ0v) is 8.99. The summed E-state index contributed by atoms with van der Waals surface area (Å²) in [4.78, 5) is 20.2. The fourth-order valence-electron chi connectivity index (χ4n) is 1.91. The Hall–Kier alpha value is -1.52. The van der Waals surface area contributed by atoms with Crippen molar-refractivity contribution in [3.05, 3.63) is 16.7 Å². The van der Waals surface area contributed by atoms with Crippen LogP contribution in [0.4, 0.5) is 5.82 Å². The quantitative estimate of drug-likeness (QED) is 0.776. The van der Waals surface area contributed by atoms with Gasteiger partial charge in [0.1, 0.15) is 0 Å². The number of aromatic nitrogens is 2. The molecule has 1 N–H and O–H groups in total. The molecule has 0 spiro atoms. The van der Waals surface area contributed by atoms with E-state index >= 15 is 0 Å². The Morgan fingerprint density at radius 3 is 3.07 bits per heavy atom. The van der Waals surface area contributed by atoms with Crippen molar-refractivity contribution in [2.75, 3.05) is 25.1 Å². The van der Waals surface area contributed by atoms with E-state index in [0.717, 1.165) is 19.5 Å². The van der Waals surface area contributed by atoms with Gasteiger partial charge in [-0.15, -0.1) is 0 Å². The summed E-state index contributed by atoms with van der Waals surface area (Å²) in [5.74, 6) is 1.62. The van der Waals surface area contributed by atoms with E-state index in [1.165, 1.54) is 13.4 Å². The van der Waals surface area contributed by atoms with Crippen LogP contribution < -0.4 is 15.2 Å². The Balaban J connectivity index is 2.35. The molecule has 0 bridgehead atoms. The summed E-state index contributed by atoms with van der Waals surface area (Å²) in [5.41, 5.74) is -0.220. The fourth-order valence-corrected chi connectivity index (χ4v) is 1.91. The van der Waals surface area contributed by atoms with Gasteiger partial charge in [0.2, 0.25) is 5.75 Å². The molecular formula is C10H15N3O2. The summed E-state index contributed by atoms with van der Waals surface area (Å²) in [6.45, 7) is 4.07. The maximum absolute atomic E-state index is 11.5. The normalized spacial score (nSPS) is 20.7. The molecule has 2 rings (SSSR count). The number of H-pyrrole nitrogens is 1. The first-order valence-electron chi connectivity index (χ1n) is 5.09. The molecule has 0 aliphatic carbocycles. The van der Waals surface area contributed by atoms with Crippen molar-refractivity contribution in [1.29, 1.82) is 0 Å². The van der Waals surface area contributed by atoms with Crippen LogP contribution in [0.15, 0.2) is 11.1 Å². The molecule has 1 aromatic rings. The first-order chi connectivity index (χ1) is 7.22. The highest BCUT2D eigenvalue weighted by Crippen LogP contribution is 2.26. The summed E-state index contributed by atoms with van der Waals surface area (Å²) >= 11 is 0. The van der Waals surface area contributed by atoms with Gasteiger partial charge in [0.15, 0.2) is 5.82 Å². The molecule has 15 heavy (non-hydrogen) atoms. The van der Waals surface area contributed by atoms with Crippen molar-refractivity contribution in [1.82, 2.24) is 9.97 Å². The van der Waals surface area contributed by atoms with Crippen LogP contribution in [0.3, 0.4) is 0 Å². The Morgan fingerprint density at radius 1 is 1.67 bits per heavy atom. The number of nitrogens with zero attached hydrogens (tertiary/aromatic N) is 2. The van der Waals surface area contributed by atoms with Gasteiger partial charge in [0.05, 0.1) is 13.4 Å². The van der Waals surface area contributed by atoms with Gasteiger partial charge in [0, 0.05) is 13.1 Å². The van der Waals surface area contributed by atoms with Crippen LogP contribution in [-0.4, -0.2) is 30.2 Å². The topological polar surface area (TPSA) is 58.2 Å². The molecule has 0 saturated carbocycles. The van der Waals surface area contributed by atoms with E-state index in [-0.39, 0.29) is 5.56 Å². The Morgan fingerprint density at radius 2 is 2.47 bits per heavy atom. The molecule has 1 fully saturated rings. The molecule has 5 heteroatoms. The molecule has 1 aromatic heterocycles. The highest BCUT2D eigenvalue weighted by atomic mass is 16.5. The molecule has 0 radical (unpaired) electrons. The second kappa shape index (κ2) is 3.92. The van der Waals surface area contributed by atoms with Crippen LogP contribution in [-0.2, 0) is 0 Å². The minimum absolute atomic E-state index is 0.220. The van der Waals surface area contributed by atoms with Crippen molar-refractivity contribution < 1.29 is 4.74 Å². The third-order valence-electron chi connectivity index (χ3n) is 2.72. The van der Waals surface area contributed by atoms with Crippen LogP contribution in [0.1, 0.15) is 13.3 Å². The van der Waals surface area contributed by atoms with E-state index in [1.54, 1.807) is 0 Å². The molecule has 1 atom stereocenters. The molecule has 1 unspecified atom stereocenters. The van der Waals surface area contributed by atoms with Gasteiger partial charge in [-0.25, -0.2) is 4.98 Å². The standard InChI is InChI=1S/C10H15N3O2/c1-7-3-4-13(5-7)9-8(15-2)10(14)12-6-11-9/h6-7H,3-5H2,1-2H3,(H,11,12,14). The van der Waals surface area contributed by atoms with E-state index in [0.29, 0.717) is 17.5 Å². The predicted molar refractivity (Wildman–Crippen MR) is 57.4 cm³/mol. The number of nitrogens with one attached hydrogen (secondary N) is 1. The molecule has 0 amide bonds. The molecule has 1 saturated heterocycles. The van der Waals surface area contributed by atoms with Gasteiger partial charge in [-0.3, -0.25) is 4.79 Å². The van der Waals surface area contributed by atoms with Gasteiger partial charge < -0.3 is 14.6 Å². The third-order valence-corrected chi connectivity index (χ3v) is 2.72. The molecule has 82 valence electrons. The van der Waals surface area contributed by atoms with Crippen molar-refractivity contribution in [3.8, 4) is 5.75 Å². The minimum atomic E-state index is -0.220. The molecular weight excluding hydrogens is 194 g/mol. The number of hydrogen-bond donors (Lipinski definition) is 1. The van der Waals surface area contributed by atoms with E-state index < -0.39 is 0 Å². The first-order valence-corrected chi connectivity index (χ1v) is 5.09. The van der Waals surface area contributed by atoms with E-state index in [1.807, 2.05) is 0 Å². The largest absolute Gasteiger partial charge is 0.489 e. The van der Waals surface area contributed by atoms with Crippen molar-refractivity contribution in [2.45, 2.75) is 13.3 Å². The number of methoxy groups -OCH3 is 1. The maximum atomic E-state index is 11.5. The summed E-state index contributed by atoms with van der Waals surface area (Å²) < 4.78 is 5.08. The zero-order chi connectivity index (χ0) is 10.8. The number of ether oxygens (including phenoxy) is 1. The van der Waals surface area contributed by atoms with Gasteiger partial charge in [-0.1, -0.05) is 6.92 Å². The first kappa shape index (κ1) is 10.0. The zero-order valence-electron chi connectivity index (χ0n) is 8.99. The van der Waals surface area contributed by atoms with Crippen LogP contribution in [0.25, 0.3) is 0 Å². The lowest BCUT2D eigenvalue weighted by atomic mass is 10.2.